The summed E-state index contributed by atoms with van der Waals surface area (Å²) >= 11 is 25.1. The van der Waals surface area contributed by atoms with E-state index in [0.717, 1.165) is 25.0 Å². The van der Waals surface area contributed by atoms with E-state index in [-0.39, 0.29) is 79.4 Å². The Hall–Kier alpha value is -6.72. The third-order valence-corrected chi connectivity index (χ3v) is 10.8. The number of anilines is 4. The molecular formula is C48H46Cl4N8O8. The first-order valence-electron chi connectivity index (χ1n) is 21.0. The van der Waals surface area contributed by atoms with Crippen LogP contribution in [0.3, 0.4) is 0 Å². The molecule has 0 aliphatic rings. The monoisotopic (exact) mass is 1000 g/mol. The van der Waals surface area contributed by atoms with Crippen LogP contribution in [-0.4, -0.2) is 60.5 Å². The highest BCUT2D eigenvalue weighted by Gasteiger charge is 2.29. The van der Waals surface area contributed by atoms with E-state index in [2.05, 4.69) is 41.7 Å². The van der Waals surface area contributed by atoms with Crippen molar-refractivity contribution >= 4 is 116 Å². The first-order chi connectivity index (χ1) is 32.4. The van der Waals surface area contributed by atoms with Crippen LogP contribution in [0, 0.1) is 0 Å². The third kappa shape index (κ3) is 13.9. The number of ketones is 2. The Morgan fingerprint density at radius 3 is 1.26 bits per heavy atom. The molecule has 68 heavy (non-hydrogen) atoms. The molecule has 0 radical (unpaired) electrons. The third-order valence-electron chi connectivity index (χ3n) is 9.65. The van der Waals surface area contributed by atoms with Gasteiger partial charge in [-0.05, 0) is 125 Å². The molecular weight excluding hydrogens is 958 g/mol. The van der Waals surface area contributed by atoms with Gasteiger partial charge in [0.25, 0.3) is 23.6 Å². The summed E-state index contributed by atoms with van der Waals surface area (Å²) in [5, 5.41) is 26.7. The van der Waals surface area contributed by atoms with E-state index in [1.807, 2.05) is 12.1 Å². The normalized spacial score (nSPS) is 13.0. The number of amides is 4. The minimum atomic E-state index is -1.66. The number of ether oxygens (including phenoxy) is 2. The molecule has 5 aromatic carbocycles. The molecule has 4 amide bonds. The van der Waals surface area contributed by atoms with Gasteiger partial charge in [-0.1, -0.05) is 47.5 Å². The van der Waals surface area contributed by atoms with Crippen molar-refractivity contribution in [3.05, 3.63) is 129 Å². The van der Waals surface area contributed by atoms with Crippen LogP contribution in [0.4, 0.5) is 34.1 Å². The fourth-order valence-corrected chi connectivity index (χ4v) is 6.92. The molecule has 0 aliphatic carbocycles. The molecule has 5 aromatic rings. The lowest BCUT2D eigenvalue weighted by molar-refractivity contribution is -0.127. The highest BCUT2D eigenvalue weighted by Crippen LogP contribution is 2.42. The zero-order valence-corrected chi connectivity index (χ0v) is 40.6. The molecule has 0 spiro atoms. The number of nitrogens with one attached hydrogen (secondary N) is 4. The van der Waals surface area contributed by atoms with E-state index in [0.29, 0.717) is 11.4 Å². The van der Waals surface area contributed by atoms with Crippen LogP contribution in [-0.2, 0) is 19.2 Å². The van der Waals surface area contributed by atoms with Gasteiger partial charge >= 0.3 is 0 Å². The number of alkyl halides is 2. The molecule has 0 aliphatic heterocycles. The maximum atomic E-state index is 13.7. The number of rotatable bonds is 20. The molecule has 4 N–H and O–H groups in total. The summed E-state index contributed by atoms with van der Waals surface area (Å²) < 4.78 is 11.8. The topological polar surface area (TPSA) is 218 Å². The van der Waals surface area contributed by atoms with Crippen LogP contribution < -0.4 is 30.7 Å². The van der Waals surface area contributed by atoms with Crippen molar-refractivity contribution in [2.24, 2.45) is 20.5 Å². The Bertz CT molecular complexity index is 2600. The van der Waals surface area contributed by atoms with E-state index >= 15 is 0 Å². The van der Waals surface area contributed by atoms with Gasteiger partial charge in [-0.2, -0.15) is 20.5 Å². The molecule has 354 valence electrons. The minimum absolute atomic E-state index is 0.0176. The van der Waals surface area contributed by atoms with Crippen molar-refractivity contribution in [3.8, 4) is 11.5 Å². The molecule has 4 atom stereocenters. The number of hydrogen-bond acceptors (Lipinski definition) is 12. The molecule has 16 nitrogen and oxygen atoms in total. The Morgan fingerprint density at radius 1 is 0.544 bits per heavy atom. The quantitative estimate of drug-likeness (QED) is 0.0333. The number of benzene rings is 5. The van der Waals surface area contributed by atoms with Crippen molar-refractivity contribution in [3.63, 3.8) is 0 Å². The number of halogens is 4. The number of carbonyl (C=O) groups excluding carboxylic acids is 6. The summed E-state index contributed by atoms with van der Waals surface area (Å²) in [6.07, 6.45) is 0. The SMILES string of the molecule is CCOc1c(NC(=O)C(N=Nc2ccc(Cl)c(C(=O)Nc3cccc(C(C)Cl)c3)c2)C(C)=O)ccc(NC(=O)C(N=Nc2ccc(Cl)c(C(=O)Nc3cccc(C(C)Cl)c3)c2)C(C)=O)c1OCC. The molecule has 0 fully saturated rings. The molecule has 0 saturated heterocycles. The first kappa shape index (κ1) is 52.3. The second-order valence-electron chi connectivity index (χ2n) is 14.8. The standard InChI is InChI=1S/C48H46Cl4N8O8/c1-7-67-43-39(55-47(65)41(27(5)61)59-57-33-15-17-37(51)35(23-33)45(63)53-31-13-9-11-29(21-31)25(3)49)19-20-40(44(43)68-8-2)56-48(66)42(28(6)62)60-58-34-16-18-38(52)36(24-34)46(64)54-32-14-10-12-30(22-32)26(4)50/h9-26,41-42H,7-8H2,1-6H3,(H,53,63)(H,54,64)(H,55,65)(H,56,66). The van der Waals surface area contributed by atoms with Crippen LogP contribution in [0.25, 0.3) is 0 Å². The van der Waals surface area contributed by atoms with Crippen molar-refractivity contribution in [2.75, 3.05) is 34.5 Å². The lowest BCUT2D eigenvalue weighted by Gasteiger charge is -2.20. The molecule has 0 bridgehead atoms. The van der Waals surface area contributed by atoms with Crippen molar-refractivity contribution in [1.29, 1.82) is 0 Å². The van der Waals surface area contributed by atoms with Gasteiger partial charge < -0.3 is 30.7 Å². The van der Waals surface area contributed by atoms with Crippen molar-refractivity contribution < 1.29 is 38.2 Å². The molecule has 0 saturated carbocycles. The van der Waals surface area contributed by atoms with Gasteiger partial charge in [-0.15, -0.1) is 23.2 Å². The van der Waals surface area contributed by atoms with Crippen molar-refractivity contribution in [1.82, 2.24) is 0 Å². The number of carbonyl (C=O) groups is 6. The van der Waals surface area contributed by atoms with Gasteiger partial charge in [0.15, 0.2) is 23.1 Å². The highest BCUT2D eigenvalue weighted by atomic mass is 35.5. The Kier molecular flexibility index (Phi) is 18.7. The lowest BCUT2D eigenvalue weighted by atomic mass is 10.1. The highest BCUT2D eigenvalue weighted by molar-refractivity contribution is 6.35. The largest absolute Gasteiger partial charge is 0.488 e. The fraction of sp³-hybridized carbons (Fsp3) is 0.250. The number of azo groups is 2. The average Bonchev–Trinajstić information content (AvgIpc) is 3.29. The van der Waals surface area contributed by atoms with Gasteiger partial charge in [-0.25, -0.2) is 0 Å². The maximum Gasteiger partial charge on any atom is 0.258 e. The van der Waals surface area contributed by atoms with E-state index in [1.165, 1.54) is 48.5 Å². The van der Waals surface area contributed by atoms with E-state index < -0.39 is 47.3 Å². The summed E-state index contributed by atoms with van der Waals surface area (Å²) in [5.74, 6) is -4.23. The average molecular weight is 1000 g/mol. The van der Waals surface area contributed by atoms with E-state index in [4.69, 9.17) is 55.9 Å². The summed E-state index contributed by atoms with van der Waals surface area (Å²) in [6, 6.07) is 22.0. The molecule has 4 unspecified atom stereocenters. The van der Waals surface area contributed by atoms with Crippen LogP contribution >= 0.6 is 46.4 Å². The predicted octanol–water partition coefficient (Wildman–Crippen LogP) is 12.3. The van der Waals surface area contributed by atoms with E-state index in [9.17, 15) is 28.8 Å². The summed E-state index contributed by atoms with van der Waals surface area (Å²) in [4.78, 5) is 79.4. The molecule has 0 aromatic heterocycles. The fourth-order valence-electron chi connectivity index (χ4n) is 6.25. The summed E-state index contributed by atoms with van der Waals surface area (Å²) in [5.41, 5.74) is 3.03. The summed E-state index contributed by atoms with van der Waals surface area (Å²) in [7, 11) is 0. The Balaban J connectivity index is 1.33. The predicted molar refractivity (Wildman–Crippen MR) is 264 cm³/mol. The van der Waals surface area contributed by atoms with Crippen LogP contribution in [0.15, 0.2) is 118 Å². The Morgan fingerprint density at radius 2 is 0.926 bits per heavy atom. The second-order valence-corrected chi connectivity index (χ2v) is 17.0. The Labute approximate surface area is 412 Å². The first-order valence-corrected chi connectivity index (χ1v) is 22.6. The van der Waals surface area contributed by atoms with Gasteiger partial charge in [0.1, 0.15) is 0 Å². The smallest absolute Gasteiger partial charge is 0.258 e. The van der Waals surface area contributed by atoms with Gasteiger partial charge in [-0.3, -0.25) is 28.8 Å². The maximum absolute atomic E-state index is 13.7. The van der Waals surface area contributed by atoms with Gasteiger partial charge in [0.2, 0.25) is 12.1 Å². The van der Waals surface area contributed by atoms with E-state index in [1.54, 1.807) is 64.1 Å². The van der Waals surface area contributed by atoms with Gasteiger partial charge in [0, 0.05) is 11.4 Å². The van der Waals surface area contributed by atoms with Crippen LogP contribution in [0.2, 0.25) is 10.0 Å². The lowest BCUT2D eigenvalue weighted by Crippen LogP contribution is -2.32. The van der Waals surface area contributed by atoms with Crippen molar-refractivity contribution in [2.45, 2.75) is 64.4 Å². The zero-order valence-electron chi connectivity index (χ0n) is 37.5. The van der Waals surface area contributed by atoms with Crippen LogP contribution in [0.5, 0.6) is 11.5 Å². The molecule has 5 rings (SSSR count). The number of Topliss-reactive ketones (excluding diaryl/α,β-unsaturated/α-hetero) is 2. The number of hydrogen-bond donors (Lipinski definition) is 4. The minimum Gasteiger partial charge on any atom is -0.488 e. The van der Waals surface area contributed by atoms with Crippen LogP contribution in [0.1, 0.15) is 84.1 Å². The summed E-state index contributed by atoms with van der Waals surface area (Å²) in [6.45, 7) is 9.42. The zero-order chi connectivity index (χ0) is 49.7. The van der Waals surface area contributed by atoms with Gasteiger partial charge in [0.05, 0.1) is 67.9 Å². The molecule has 0 heterocycles. The number of nitrogens with zero attached hydrogens (tertiary/aromatic N) is 4. The molecule has 20 heteroatoms. The second kappa shape index (κ2) is 24.3.